The van der Waals surface area contributed by atoms with E-state index in [4.69, 9.17) is 9.84 Å². The van der Waals surface area contributed by atoms with E-state index in [0.29, 0.717) is 12.4 Å². The first-order chi connectivity index (χ1) is 8.13. The normalized spacial score (nSPS) is 10.2. The summed E-state index contributed by atoms with van der Waals surface area (Å²) in [6.45, 7) is 2.25. The highest BCUT2D eigenvalue weighted by atomic mass is 16.5. The number of hydrogen-bond acceptors (Lipinski definition) is 4. The lowest BCUT2D eigenvalue weighted by Gasteiger charge is -2.08. The number of pyridine rings is 1. The molecule has 1 heterocycles. The Hall–Kier alpha value is -2.37. The molecule has 17 heavy (non-hydrogen) atoms. The molecule has 0 atom stereocenters. The molecule has 0 unspecified atom stereocenters. The van der Waals surface area contributed by atoms with Crippen LogP contribution in [0.4, 0.5) is 5.82 Å². The van der Waals surface area contributed by atoms with Crippen LogP contribution in [0.3, 0.4) is 0 Å². The Kier molecular flexibility index (Phi) is 4.68. The van der Waals surface area contributed by atoms with Gasteiger partial charge in [-0.15, -0.1) is 0 Å². The van der Waals surface area contributed by atoms with Crippen molar-refractivity contribution >= 4 is 17.7 Å². The quantitative estimate of drug-likeness (QED) is 0.746. The molecular weight excluding hydrogens is 224 g/mol. The van der Waals surface area contributed by atoms with E-state index < -0.39 is 11.9 Å². The third-order valence-electron chi connectivity index (χ3n) is 1.69. The predicted molar refractivity (Wildman–Crippen MR) is 60.8 cm³/mol. The minimum atomic E-state index is -1.19. The maximum atomic E-state index is 11.3. The maximum Gasteiger partial charge on any atom is 0.328 e. The number of anilines is 1. The Morgan fingerprint density at radius 3 is 2.94 bits per heavy atom. The van der Waals surface area contributed by atoms with Crippen molar-refractivity contribution in [2.24, 2.45) is 0 Å². The maximum absolute atomic E-state index is 11.3. The number of ether oxygens (including phenoxy) is 1. The summed E-state index contributed by atoms with van der Waals surface area (Å²) in [6.07, 6.45) is 3.16. The van der Waals surface area contributed by atoms with Gasteiger partial charge in [-0.1, -0.05) is 0 Å². The molecule has 0 saturated carbocycles. The summed E-state index contributed by atoms with van der Waals surface area (Å²) < 4.78 is 5.25. The van der Waals surface area contributed by atoms with Crippen LogP contribution in [-0.2, 0) is 9.59 Å². The molecule has 0 fully saturated rings. The van der Waals surface area contributed by atoms with Gasteiger partial charge in [-0.2, -0.15) is 0 Å². The number of carboxylic acids is 1. The Morgan fingerprint density at radius 1 is 1.53 bits per heavy atom. The van der Waals surface area contributed by atoms with Gasteiger partial charge in [0.2, 0.25) is 5.91 Å². The van der Waals surface area contributed by atoms with Gasteiger partial charge in [0, 0.05) is 18.3 Å². The van der Waals surface area contributed by atoms with Crippen molar-refractivity contribution in [3.8, 4) is 5.75 Å². The van der Waals surface area contributed by atoms with Crippen molar-refractivity contribution in [2.45, 2.75) is 6.92 Å². The fourth-order valence-corrected chi connectivity index (χ4v) is 1.06. The fraction of sp³-hybridized carbons (Fsp3) is 0.182. The first kappa shape index (κ1) is 12.7. The molecule has 0 aliphatic heterocycles. The first-order valence-corrected chi connectivity index (χ1v) is 4.93. The monoisotopic (exact) mass is 236 g/mol. The van der Waals surface area contributed by atoms with E-state index in [1.54, 1.807) is 12.1 Å². The smallest absolute Gasteiger partial charge is 0.328 e. The Labute approximate surface area is 97.9 Å². The molecule has 0 aliphatic rings. The van der Waals surface area contributed by atoms with Crippen LogP contribution in [0, 0.1) is 0 Å². The summed E-state index contributed by atoms with van der Waals surface area (Å²) in [6, 6.07) is 3.33. The van der Waals surface area contributed by atoms with E-state index in [2.05, 4.69) is 10.3 Å². The summed E-state index contributed by atoms with van der Waals surface area (Å²) >= 11 is 0. The van der Waals surface area contributed by atoms with Crippen molar-refractivity contribution in [1.82, 2.24) is 4.98 Å². The number of carbonyl (C=O) groups is 2. The van der Waals surface area contributed by atoms with E-state index in [-0.39, 0.29) is 5.82 Å². The zero-order valence-corrected chi connectivity index (χ0v) is 9.21. The zero-order chi connectivity index (χ0) is 12.7. The van der Waals surface area contributed by atoms with E-state index >= 15 is 0 Å². The van der Waals surface area contributed by atoms with Gasteiger partial charge in [-0.25, -0.2) is 9.78 Å². The number of rotatable bonds is 5. The first-order valence-electron chi connectivity index (χ1n) is 4.93. The summed E-state index contributed by atoms with van der Waals surface area (Å²) in [5, 5.41) is 10.8. The topological polar surface area (TPSA) is 88.5 Å². The molecule has 0 aliphatic carbocycles. The number of amides is 1. The van der Waals surface area contributed by atoms with Crippen LogP contribution in [0.25, 0.3) is 0 Å². The molecule has 1 amide bonds. The van der Waals surface area contributed by atoms with E-state index in [9.17, 15) is 9.59 Å². The van der Waals surface area contributed by atoms with Crippen LogP contribution in [0.1, 0.15) is 6.92 Å². The highest BCUT2D eigenvalue weighted by Gasteiger charge is 2.06. The summed E-state index contributed by atoms with van der Waals surface area (Å²) in [5.74, 6) is -1.07. The van der Waals surface area contributed by atoms with E-state index in [1.165, 1.54) is 6.20 Å². The fourth-order valence-electron chi connectivity index (χ4n) is 1.06. The standard InChI is InChI=1S/C11H12N2O4/c1-2-17-8-4-3-7-12-11(8)13-9(14)5-6-10(15)16/h3-7H,2H2,1H3,(H,15,16)(H,12,13,14)/b6-5+. The number of nitrogens with one attached hydrogen (secondary N) is 1. The number of aromatic nitrogens is 1. The van der Waals surface area contributed by atoms with Gasteiger partial charge in [0.15, 0.2) is 11.6 Å². The highest BCUT2D eigenvalue weighted by Crippen LogP contribution is 2.20. The van der Waals surface area contributed by atoms with Crippen molar-refractivity contribution in [1.29, 1.82) is 0 Å². The highest BCUT2D eigenvalue weighted by molar-refractivity contribution is 6.02. The number of nitrogens with zero attached hydrogens (tertiary/aromatic N) is 1. The average Bonchev–Trinajstić information content (AvgIpc) is 2.29. The molecule has 1 rings (SSSR count). The van der Waals surface area contributed by atoms with Gasteiger partial charge in [-0.05, 0) is 19.1 Å². The molecular formula is C11H12N2O4. The van der Waals surface area contributed by atoms with Gasteiger partial charge in [0.25, 0.3) is 0 Å². The van der Waals surface area contributed by atoms with Gasteiger partial charge < -0.3 is 15.2 Å². The van der Waals surface area contributed by atoms with Crippen molar-refractivity contribution in [3.05, 3.63) is 30.5 Å². The van der Waals surface area contributed by atoms with Gasteiger partial charge in [0.1, 0.15) is 0 Å². The van der Waals surface area contributed by atoms with E-state index in [1.807, 2.05) is 6.92 Å². The minimum absolute atomic E-state index is 0.259. The molecule has 90 valence electrons. The van der Waals surface area contributed by atoms with Crippen LogP contribution in [0.2, 0.25) is 0 Å². The number of hydrogen-bond donors (Lipinski definition) is 2. The average molecular weight is 236 g/mol. The largest absolute Gasteiger partial charge is 0.490 e. The molecule has 6 nitrogen and oxygen atoms in total. The zero-order valence-electron chi connectivity index (χ0n) is 9.21. The molecule has 0 bridgehead atoms. The number of carboxylic acid groups (broad SMARTS) is 1. The third-order valence-corrected chi connectivity index (χ3v) is 1.69. The SMILES string of the molecule is CCOc1cccnc1NC(=O)/C=C/C(=O)O. The summed E-state index contributed by atoms with van der Waals surface area (Å²) in [5.41, 5.74) is 0. The minimum Gasteiger partial charge on any atom is -0.490 e. The second-order valence-corrected chi connectivity index (χ2v) is 2.94. The van der Waals surface area contributed by atoms with Gasteiger partial charge in [0.05, 0.1) is 6.61 Å². The lowest BCUT2D eigenvalue weighted by molar-refractivity contribution is -0.131. The number of carbonyl (C=O) groups excluding carboxylic acids is 1. The van der Waals surface area contributed by atoms with Crippen molar-refractivity contribution < 1.29 is 19.4 Å². The predicted octanol–water partition coefficient (Wildman–Crippen LogP) is 1.06. The molecule has 1 aromatic rings. The van der Waals surface area contributed by atoms with Crippen LogP contribution in [-0.4, -0.2) is 28.6 Å². The Balaban J connectivity index is 2.74. The third kappa shape index (κ3) is 4.33. The van der Waals surface area contributed by atoms with Crippen LogP contribution < -0.4 is 10.1 Å². The van der Waals surface area contributed by atoms with Crippen molar-refractivity contribution in [3.63, 3.8) is 0 Å². The lowest BCUT2D eigenvalue weighted by Crippen LogP contribution is -2.11. The molecule has 6 heteroatoms. The van der Waals surface area contributed by atoms with Crippen LogP contribution in [0.15, 0.2) is 30.5 Å². The Morgan fingerprint density at radius 2 is 2.29 bits per heavy atom. The summed E-state index contributed by atoms with van der Waals surface area (Å²) in [7, 11) is 0. The molecule has 0 radical (unpaired) electrons. The van der Waals surface area contributed by atoms with Crippen LogP contribution in [0.5, 0.6) is 5.75 Å². The van der Waals surface area contributed by atoms with Crippen LogP contribution >= 0.6 is 0 Å². The molecule has 0 saturated heterocycles. The van der Waals surface area contributed by atoms with E-state index in [0.717, 1.165) is 12.2 Å². The van der Waals surface area contributed by atoms with Gasteiger partial charge in [-0.3, -0.25) is 4.79 Å². The summed E-state index contributed by atoms with van der Waals surface area (Å²) in [4.78, 5) is 25.5. The second-order valence-electron chi connectivity index (χ2n) is 2.94. The second kappa shape index (κ2) is 6.26. The Bertz CT molecular complexity index is 443. The molecule has 2 N–H and O–H groups in total. The molecule has 0 aromatic carbocycles. The number of aliphatic carboxylic acids is 1. The van der Waals surface area contributed by atoms with Crippen molar-refractivity contribution in [2.75, 3.05) is 11.9 Å². The van der Waals surface area contributed by atoms with Gasteiger partial charge >= 0.3 is 5.97 Å². The lowest BCUT2D eigenvalue weighted by atomic mass is 10.4. The molecule has 0 spiro atoms. The molecule has 1 aromatic heterocycles.